The Morgan fingerprint density at radius 2 is 2.47 bits per heavy atom. The molecule has 1 atom stereocenters. The lowest BCUT2D eigenvalue weighted by Gasteiger charge is -2.19. The highest BCUT2D eigenvalue weighted by atomic mass is 32.2. The van der Waals surface area contributed by atoms with Crippen LogP contribution < -0.4 is 15.8 Å². The zero-order valence-corrected chi connectivity index (χ0v) is 12.1. The van der Waals surface area contributed by atoms with Gasteiger partial charge in [0.2, 0.25) is 0 Å². The van der Waals surface area contributed by atoms with E-state index < -0.39 is 0 Å². The second-order valence-electron chi connectivity index (χ2n) is 4.67. The third kappa shape index (κ3) is 4.67. The van der Waals surface area contributed by atoms with Gasteiger partial charge in [-0.25, -0.2) is 0 Å². The summed E-state index contributed by atoms with van der Waals surface area (Å²) in [6.45, 7) is 0.815. The number of thioether (sulfide) groups is 1. The molecule has 0 aromatic heterocycles. The van der Waals surface area contributed by atoms with Gasteiger partial charge in [-0.3, -0.25) is 4.99 Å². The first-order chi connectivity index (χ1) is 9.28. The fraction of sp³-hybridized carbons (Fsp3) is 0.500. The summed E-state index contributed by atoms with van der Waals surface area (Å²) in [5.41, 5.74) is 6.81. The number of ether oxygens (including phenoxy) is 1. The van der Waals surface area contributed by atoms with Crippen molar-refractivity contribution in [1.29, 1.82) is 0 Å². The molecule has 3 N–H and O–H groups in total. The molecule has 0 radical (unpaired) electrons. The Hall–Kier alpha value is -1.36. The lowest BCUT2D eigenvalue weighted by molar-refractivity contribution is 0.415. The summed E-state index contributed by atoms with van der Waals surface area (Å²) in [7, 11) is 1.65. The maximum atomic E-state index is 5.91. The predicted octanol–water partition coefficient (Wildman–Crippen LogP) is 2.57. The maximum absolute atomic E-state index is 5.91. The molecule has 1 unspecified atom stereocenters. The average molecular weight is 279 g/mol. The molecule has 1 aromatic carbocycles. The number of anilines is 1. The molecule has 0 amide bonds. The van der Waals surface area contributed by atoms with Crippen molar-refractivity contribution < 1.29 is 4.74 Å². The van der Waals surface area contributed by atoms with Crippen molar-refractivity contribution in [3.8, 4) is 5.75 Å². The smallest absolute Gasteiger partial charge is 0.193 e. The summed E-state index contributed by atoms with van der Waals surface area (Å²) in [6, 6.07) is 7.67. The molecule has 1 fully saturated rings. The van der Waals surface area contributed by atoms with Gasteiger partial charge in [-0.1, -0.05) is 6.07 Å². The second kappa shape index (κ2) is 7.28. The standard InChI is InChI=1S/C14H21N3OS/c1-18-13-6-2-5-12(8-13)17-14(15)16-9-11-4-3-7-19-10-11/h2,5-6,8,11H,3-4,7,9-10H2,1H3,(H3,15,16,17). The van der Waals surface area contributed by atoms with Gasteiger partial charge in [-0.15, -0.1) is 0 Å². The van der Waals surface area contributed by atoms with E-state index in [1.807, 2.05) is 36.0 Å². The van der Waals surface area contributed by atoms with Crippen LogP contribution in [0.15, 0.2) is 29.3 Å². The van der Waals surface area contributed by atoms with Crippen molar-refractivity contribution in [2.24, 2.45) is 16.6 Å². The van der Waals surface area contributed by atoms with Gasteiger partial charge in [0.05, 0.1) is 7.11 Å². The molecule has 104 valence electrons. The number of nitrogens with zero attached hydrogens (tertiary/aromatic N) is 1. The summed E-state index contributed by atoms with van der Waals surface area (Å²) in [4.78, 5) is 4.43. The molecule has 1 aliphatic rings. The lowest BCUT2D eigenvalue weighted by Crippen LogP contribution is -2.24. The van der Waals surface area contributed by atoms with Crippen LogP contribution in [-0.4, -0.2) is 31.1 Å². The number of aliphatic imine (C=N–C) groups is 1. The van der Waals surface area contributed by atoms with Crippen molar-refractivity contribution in [3.05, 3.63) is 24.3 Å². The second-order valence-corrected chi connectivity index (χ2v) is 5.82. The highest BCUT2D eigenvalue weighted by Crippen LogP contribution is 2.22. The first-order valence-electron chi connectivity index (χ1n) is 6.56. The SMILES string of the molecule is COc1cccc(NC(N)=NCC2CCCSC2)c1. The van der Waals surface area contributed by atoms with E-state index in [9.17, 15) is 0 Å². The summed E-state index contributed by atoms with van der Waals surface area (Å²) in [5, 5.41) is 3.10. The molecule has 0 saturated carbocycles. The Kier molecular flexibility index (Phi) is 5.39. The van der Waals surface area contributed by atoms with Gasteiger partial charge in [-0.2, -0.15) is 11.8 Å². The highest BCUT2D eigenvalue weighted by Gasteiger charge is 2.12. The topological polar surface area (TPSA) is 59.6 Å². The van der Waals surface area contributed by atoms with Crippen LogP contribution in [0.1, 0.15) is 12.8 Å². The molecule has 1 aromatic rings. The first kappa shape index (κ1) is 14.1. The molecule has 0 spiro atoms. The number of hydrogen-bond acceptors (Lipinski definition) is 3. The minimum Gasteiger partial charge on any atom is -0.497 e. The number of rotatable bonds is 4. The van der Waals surface area contributed by atoms with Gasteiger partial charge >= 0.3 is 0 Å². The average Bonchev–Trinajstić information content (AvgIpc) is 2.46. The monoisotopic (exact) mass is 279 g/mol. The molecule has 4 nitrogen and oxygen atoms in total. The minimum atomic E-state index is 0.476. The summed E-state index contributed by atoms with van der Waals surface area (Å²) in [6.07, 6.45) is 2.57. The quantitative estimate of drug-likeness (QED) is 0.657. The molecule has 5 heteroatoms. The minimum absolute atomic E-state index is 0.476. The largest absolute Gasteiger partial charge is 0.497 e. The van der Waals surface area contributed by atoms with Crippen LogP contribution in [0.3, 0.4) is 0 Å². The van der Waals surface area contributed by atoms with E-state index in [2.05, 4.69) is 10.3 Å². The van der Waals surface area contributed by atoms with Crippen LogP contribution in [0.4, 0.5) is 5.69 Å². The molecule has 0 bridgehead atoms. The van der Waals surface area contributed by atoms with Gasteiger partial charge < -0.3 is 15.8 Å². The van der Waals surface area contributed by atoms with Crippen LogP contribution in [0.2, 0.25) is 0 Å². The van der Waals surface area contributed by atoms with Crippen LogP contribution in [0.25, 0.3) is 0 Å². The third-order valence-corrected chi connectivity index (χ3v) is 4.40. The zero-order chi connectivity index (χ0) is 13.5. The van der Waals surface area contributed by atoms with Crippen LogP contribution in [0, 0.1) is 5.92 Å². The summed E-state index contributed by atoms with van der Waals surface area (Å²) >= 11 is 2.02. The Morgan fingerprint density at radius 1 is 1.58 bits per heavy atom. The van der Waals surface area contributed by atoms with E-state index in [-0.39, 0.29) is 0 Å². The normalized spacial score (nSPS) is 20.1. The van der Waals surface area contributed by atoms with Crippen LogP contribution in [-0.2, 0) is 0 Å². The summed E-state index contributed by atoms with van der Waals surface area (Å²) in [5.74, 6) is 4.45. The molecular weight excluding hydrogens is 258 g/mol. The number of hydrogen-bond donors (Lipinski definition) is 2. The van der Waals surface area contributed by atoms with Crippen LogP contribution >= 0.6 is 11.8 Å². The summed E-state index contributed by atoms with van der Waals surface area (Å²) < 4.78 is 5.17. The first-order valence-corrected chi connectivity index (χ1v) is 7.72. The lowest BCUT2D eigenvalue weighted by atomic mass is 10.1. The Bertz CT molecular complexity index is 430. The van der Waals surface area contributed by atoms with Crippen molar-refractivity contribution >= 4 is 23.4 Å². The van der Waals surface area contributed by atoms with E-state index in [1.165, 1.54) is 24.3 Å². The Balaban J connectivity index is 1.86. The number of benzene rings is 1. The molecular formula is C14H21N3OS. The van der Waals surface area contributed by atoms with Crippen LogP contribution in [0.5, 0.6) is 5.75 Å². The van der Waals surface area contributed by atoms with E-state index >= 15 is 0 Å². The fourth-order valence-electron chi connectivity index (χ4n) is 2.07. The van der Waals surface area contributed by atoms with Gasteiger partial charge in [0.1, 0.15) is 5.75 Å². The van der Waals surface area contributed by atoms with E-state index in [0.717, 1.165) is 18.0 Å². The molecule has 1 heterocycles. The van der Waals surface area contributed by atoms with E-state index in [1.54, 1.807) is 7.11 Å². The van der Waals surface area contributed by atoms with E-state index in [4.69, 9.17) is 10.5 Å². The fourth-order valence-corrected chi connectivity index (χ4v) is 3.21. The molecule has 19 heavy (non-hydrogen) atoms. The van der Waals surface area contributed by atoms with Gasteiger partial charge in [0, 0.05) is 18.3 Å². The molecule has 2 rings (SSSR count). The molecule has 1 saturated heterocycles. The highest BCUT2D eigenvalue weighted by molar-refractivity contribution is 7.99. The number of guanidine groups is 1. The number of methoxy groups -OCH3 is 1. The number of nitrogens with two attached hydrogens (primary N) is 1. The van der Waals surface area contributed by atoms with Gasteiger partial charge in [-0.05, 0) is 42.4 Å². The predicted molar refractivity (Wildman–Crippen MR) is 83.2 cm³/mol. The number of nitrogens with one attached hydrogen (secondary N) is 1. The van der Waals surface area contributed by atoms with Crippen molar-refractivity contribution in [2.75, 3.05) is 30.5 Å². The van der Waals surface area contributed by atoms with Crippen molar-refractivity contribution in [2.45, 2.75) is 12.8 Å². The molecule has 0 aliphatic carbocycles. The zero-order valence-electron chi connectivity index (χ0n) is 11.3. The molecule has 1 aliphatic heterocycles. The Morgan fingerprint density at radius 3 is 3.21 bits per heavy atom. The van der Waals surface area contributed by atoms with E-state index in [0.29, 0.717) is 11.9 Å². The van der Waals surface area contributed by atoms with Crippen molar-refractivity contribution in [1.82, 2.24) is 0 Å². The maximum Gasteiger partial charge on any atom is 0.193 e. The van der Waals surface area contributed by atoms with Gasteiger partial charge in [0.15, 0.2) is 5.96 Å². The van der Waals surface area contributed by atoms with Gasteiger partial charge in [0.25, 0.3) is 0 Å². The van der Waals surface area contributed by atoms with Crippen molar-refractivity contribution in [3.63, 3.8) is 0 Å². The third-order valence-electron chi connectivity index (χ3n) is 3.12. The Labute approximate surface area is 118 Å².